The minimum atomic E-state index is -3.34. The maximum Gasteiger partial charge on any atom is 0.237 e. The lowest BCUT2D eigenvalue weighted by molar-refractivity contribution is -0.123. The Kier molecular flexibility index (Phi) is 7.79. The predicted octanol–water partition coefficient (Wildman–Crippen LogP) is 3.41. The lowest BCUT2D eigenvalue weighted by atomic mass is 9.75. The Bertz CT molecular complexity index is 1510. The van der Waals surface area contributed by atoms with Gasteiger partial charge in [0.15, 0.2) is 0 Å². The fraction of sp³-hybridized carbons (Fsp3) is 0.481. The van der Waals surface area contributed by atoms with Crippen molar-refractivity contribution >= 4 is 39.6 Å². The van der Waals surface area contributed by atoms with Crippen LogP contribution in [0.4, 0.5) is 11.8 Å². The van der Waals surface area contributed by atoms with E-state index in [9.17, 15) is 13.2 Å². The third-order valence-corrected chi connectivity index (χ3v) is 11.0. The van der Waals surface area contributed by atoms with Crippen LogP contribution in [0.25, 0.3) is 11.3 Å². The van der Waals surface area contributed by atoms with E-state index in [4.69, 9.17) is 9.72 Å². The number of ether oxygens (including phenoxy) is 1. The molecule has 1 aliphatic heterocycles. The van der Waals surface area contributed by atoms with Gasteiger partial charge in [0.2, 0.25) is 27.8 Å². The molecular formula is C27H32N8O4S2. The zero-order valence-electron chi connectivity index (χ0n) is 22.7. The molecule has 12 nitrogen and oxygen atoms in total. The minimum Gasteiger partial charge on any atom is -0.477 e. The molecule has 0 spiro atoms. The van der Waals surface area contributed by atoms with Crippen LogP contribution in [-0.2, 0) is 20.2 Å². The van der Waals surface area contributed by atoms with Crippen molar-refractivity contribution in [2.24, 2.45) is 0 Å². The molecule has 0 bridgehead atoms. The van der Waals surface area contributed by atoms with Crippen molar-refractivity contribution in [3.8, 4) is 17.1 Å². The fourth-order valence-electron chi connectivity index (χ4n) is 4.85. The lowest BCUT2D eigenvalue weighted by Crippen LogP contribution is -2.52. The largest absolute Gasteiger partial charge is 0.477 e. The van der Waals surface area contributed by atoms with Crippen LogP contribution in [0.15, 0.2) is 43.0 Å². The molecule has 6 rings (SSSR count). The number of carbonyl (C=O) groups is 1. The molecule has 2 aliphatic carbocycles. The number of nitrogens with zero attached hydrogens (tertiary/aromatic N) is 6. The van der Waals surface area contributed by atoms with E-state index < -0.39 is 15.4 Å². The first kappa shape index (κ1) is 27.8. The summed E-state index contributed by atoms with van der Waals surface area (Å²) >= 11 is 1.59. The maximum absolute atomic E-state index is 14.0. The molecule has 216 valence electrons. The van der Waals surface area contributed by atoms with Crippen LogP contribution in [0.3, 0.4) is 0 Å². The van der Waals surface area contributed by atoms with Gasteiger partial charge in [0.1, 0.15) is 5.82 Å². The summed E-state index contributed by atoms with van der Waals surface area (Å²) in [5.74, 6) is 0.960. The van der Waals surface area contributed by atoms with Crippen LogP contribution in [0.5, 0.6) is 5.88 Å². The monoisotopic (exact) mass is 596 g/mol. The molecule has 2 saturated carbocycles. The highest BCUT2D eigenvalue weighted by Crippen LogP contribution is 2.40. The Morgan fingerprint density at radius 2 is 1.88 bits per heavy atom. The standard InChI is InChI=1S/C27H32N8O4S2/c1-2-39-24-17-28-16-21(31-24)18-3-8-23(30-15-18)33-25(36)27(10-13-35(14-11-27)41(37,38)20-6-7-20)22-9-12-29-26(32-22)34-40-19-4-5-19/h3,8-9,12,15-17,19-20H,2,4-7,10-11,13-14H2,1H3,(H,29,32,34)(H,30,33,36). The summed E-state index contributed by atoms with van der Waals surface area (Å²) in [6.45, 7) is 2.85. The molecule has 1 saturated heterocycles. The number of anilines is 2. The highest BCUT2D eigenvalue weighted by molar-refractivity contribution is 8.01. The van der Waals surface area contributed by atoms with E-state index in [1.54, 1.807) is 48.9 Å². The van der Waals surface area contributed by atoms with Crippen molar-refractivity contribution in [3.63, 3.8) is 0 Å². The predicted molar refractivity (Wildman–Crippen MR) is 156 cm³/mol. The second kappa shape index (κ2) is 11.5. The minimum absolute atomic E-state index is 0.247. The number of hydrogen-bond acceptors (Lipinski definition) is 11. The molecule has 0 unspecified atom stereocenters. The molecule has 3 fully saturated rings. The highest BCUT2D eigenvalue weighted by atomic mass is 32.2. The highest BCUT2D eigenvalue weighted by Gasteiger charge is 2.49. The fourth-order valence-corrected chi connectivity index (χ4v) is 7.44. The summed E-state index contributed by atoms with van der Waals surface area (Å²) in [6.07, 6.45) is 10.8. The molecule has 41 heavy (non-hydrogen) atoms. The Morgan fingerprint density at radius 3 is 2.56 bits per heavy atom. The smallest absolute Gasteiger partial charge is 0.237 e. The van der Waals surface area contributed by atoms with E-state index in [1.165, 1.54) is 4.31 Å². The van der Waals surface area contributed by atoms with Crippen molar-refractivity contribution in [3.05, 3.63) is 48.7 Å². The molecule has 3 aromatic heterocycles. The number of sulfonamides is 1. The van der Waals surface area contributed by atoms with Crippen LogP contribution in [0.1, 0.15) is 51.1 Å². The number of amides is 1. The first-order valence-electron chi connectivity index (χ1n) is 13.8. The third-order valence-electron chi connectivity index (χ3n) is 7.51. The lowest BCUT2D eigenvalue weighted by Gasteiger charge is -2.39. The van der Waals surface area contributed by atoms with Gasteiger partial charge in [0, 0.05) is 36.3 Å². The van der Waals surface area contributed by atoms with Crippen LogP contribution in [0.2, 0.25) is 0 Å². The van der Waals surface area contributed by atoms with Crippen molar-refractivity contribution in [1.29, 1.82) is 0 Å². The van der Waals surface area contributed by atoms with Gasteiger partial charge in [-0.25, -0.2) is 32.7 Å². The summed E-state index contributed by atoms with van der Waals surface area (Å²) in [5, 5.41) is 3.23. The van der Waals surface area contributed by atoms with Crippen LogP contribution >= 0.6 is 11.9 Å². The Labute approximate surface area is 243 Å². The van der Waals surface area contributed by atoms with Gasteiger partial charge in [-0.05, 0) is 75.6 Å². The topological polar surface area (TPSA) is 152 Å². The van der Waals surface area contributed by atoms with E-state index in [0.29, 0.717) is 66.6 Å². The Balaban J connectivity index is 1.23. The van der Waals surface area contributed by atoms with Gasteiger partial charge in [-0.2, -0.15) is 0 Å². The van der Waals surface area contributed by atoms with Crippen molar-refractivity contribution in [1.82, 2.24) is 29.2 Å². The van der Waals surface area contributed by atoms with Crippen LogP contribution in [0, 0.1) is 0 Å². The molecular weight excluding hydrogens is 564 g/mol. The van der Waals surface area contributed by atoms with E-state index in [-0.39, 0.29) is 24.2 Å². The third kappa shape index (κ3) is 6.14. The normalized spacial score (nSPS) is 19.0. The summed E-state index contributed by atoms with van der Waals surface area (Å²) in [6, 6.07) is 5.27. The number of pyridine rings is 1. The second-order valence-electron chi connectivity index (χ2n) is 10.5. The Hall–Kier alpha value is -3.36. The molecule has 0 radical (unpaired) electrons. The average Bonchev–Trinajstić information content (AvgIpc) is 3.91. The number of hydrogen-bond donors (Lipinski definition) is 2. The summed E-state index contributed by atoms with van der Waals surface area (Å²) in [7, 11) is -3.34. The van der Waals surface area contributed by atoms with Gasteiger partial charge < -0.3 is 10.1 Å². The van der Waals surface area contributed by atoms with Gasteiger partial charge in [0.05, 0.1) is 41.1 Å². The number of carbonyl (C=O) groups excluding carboxylic acids is 1. The maximum atomic E-state index is 14.0. The van der Waals surface area contributed by atoms with Crippen LogP contribution < -0.4 is 14.8 Å². The van der Waals surface area contributed by atoms with E-state index in [0.717, 1.165) is 18.4 Å². The zero-order chi connectivity index (χ0) is 28.5. The summed E-state index contributed by atoms with van der Waals surface area (Å²) in [5.41, 5.74) is 0.848. The Morgan fingerprint density at radius 1 is 1.07 bits per heavy atom. The summed E-state index contributed by atoms with van der Waals surface area (Å²) in [4.78, 5) is 36.1. The molecule has 1 amide bonds. The van der Waals surface area contributed by atoms with Crippen LogP contribution in [-0.4, -0.2) is 73.7 Å². The molecule has 4 heterocycles. The molecule has 14 heteroatoms. The van der Waals surface area contributed by atoms with Gasteiger partial charge in [0.25, 0.3) is 0 Å². The van der Waals surface area contributed by atoms with E-state index in [2.05, 4.69) is 30.0 Å². The zero-order valence-corrected chi connectivity index (χ0v) is 24.3. The van der Waals surface area contributed by atoms with Gasteiger partial charge in [-0.1, -0.05) is 0 Å². The molecule has 2 N–H and O–H groups in total. The second-order valence-corrected chi connectivity index (χ2v) is 13.8. The van der Waals surface area contributed by atoms with Crippen molar-refractivity contribution in [2.45, 2.75) is 61.4 Å². The molecule has 3 aliphatic rings. The summed E-state index contributed by atoms with van der Waals surface area (Å²) < 4.78 is 36.0. The molecule has 0 aromatic carbocycles. The SMILES string of the molecule is CCOc1cncc(-c2ccc(NC(=O)C3(c4ccnc(NSC5CC5)n4)CCN(S(=O)(=O)C4CC4)CC3)nc2)n1. The number of nitrogens with one attached hydrogen (secondary N) is 2. The van der Waals surface area contributed by atoms with Gasteiger partial charge in [-0.3, -0.25) is 14.5 Å². The van der Waals surface area contributed by atoms with E-state index in [1.807, 2.05) is 13.0 Å². The molecule has 3 aromatic rings. The number of piperidine rings is 1. The van der Waals surface area contributed by atoms with Gasteiger partial charge in [-0.15, -0.1) is 0 Å². The molecule has 0 atom stereocenters. The quantitative estimate of drug-likeness (QED) is 0.313. The van der Waals surface area contributed by atoms with E-state index >= 15 is 0 Å². The number of rotatable bonds is 11. The first-order valence-corrected chi connectivity index (χ1v) is 16.2. The van der Waals surface area contributed by atoms with Crippen molar-refractivity contribution < 1.29 is 17.9 Å². The van der Waals surface area contributed by atoms with Gasteiger partial charge >= 0.3 is 0 Å². The average molecular weight is 597 g/mol. The number of aromatic nitrogens is 5. The van der Waals surface area contributed by atoms with Crippen molar-refractivity contribution in [2.75, 3.05) is 29.7 Å². The first-order chi connectivity index (χ1) is 19.9.